The molecule has 0 aromatic heterocycles. The van der Waals surface area contributed by atoms with Gasteiger partial charge in [0, 0.05) is 7.14 Å². The van der Waals surface area contributed by atoms with Gasteiger partial charge in [0.1, 0.15) is 0 Å². The van der Waals surface area contributed by atoms with Gasteiger partial charge in [0.25, 0.3) is 0 Å². The fourth-order valence-electron chi connectivity index (χ4n) is 2.06. The van der Waals surface area contributed by atoms with Crippen LogP contribution in [0.4, 0.5) is 35.1 Å². The molecule has 0 saturated heterocycles. The van der Waals surface area contributed by atoms with Crippen molar-refractivity contribution < 1.29 is 35.1 Å². The minimum atomic E-state index is -6.20. The monoisotopic (exact) mass is 542 g/mol. The van der Waals surface area contributed by atoms with Crippen molar-refractivity contribution in [2.75, 3.05) is 0 Å². The lowest BCUT2D eigenvalue weighted by Crippen LogP contribution is -2.64. The predicted octanol–water partition coefficient (Wildman–Crippen LogP) is 5.67. The molecule has 0 spiro atoms. The van der Waals surface area contributed by atoms with E-state index < -0.39 is 42.0 Å². The molecule has 10 heteroatoms. The molecule has 0 fully saturated rings. The molecule has 0 N–H and O–H groups in total. The summed E-state index contributed by atoms with van der Waals surface area (Å²) in [6.07, 6.45) is 0. The zero-order valence-corrected chi connectivity index (χ0v) is 14.2. The van der Waals surface area contributed by atoms with Gasteiger partial charge in [0.05, 0.1) is 11.1 Å². The Hall–Kier alpha value is 0.120. The van der Waals surface area contributed by atoms with Crippen LogP contribution in [-0.2, 0) is 11.8 Å². The third kappa shape index (κ3) is 1.89. The Balaban J connectivity index is 3.05. The molecule has 0 atom stereocenters. The number of fused-ring (bicyclic) bond motifs is 1. The zero-order chi connectivity index (χ0) is 16.6. The molecule has 2 rings (SSSR count). The molecule has 0 unspecified atom stereocenters. The second-order valence-electron chi connectivity index (χ2n) is 4.54. The van der Waals surface area contributed by atoms with E-state index >= 15 is 0 Å². The summed E-state index contributed by atoms with van der Waals surface area (Å²) >= 11 is 2.34. The Morgan fingerprint density at radius 3 is 1.57 bits per heavy atom. The lowest BCUT2D eigenvalue weighted by atomic mass is 9.79. The zero-order valence-electron chi connectivity index (χ0n) is 9.86. The quantitative estimate of drug-likeness (QED) is 0.293. The van der Waals surface area contributed by atoms with Crippen molar-refractivity contribution >= 4 is 45.2 Å². The summed E-state index contributed by atoms with van der Waals surface area (Å²) in [5, 5.41) is 0. The Bertz CT molecular complexity index is 623. The lowest BCUT2D eigenvalue weighted by Gasteiger charge is -2.43. The van der Waals surface area contributed by atoms with Gasteiger partial charge < -0.3 is 0 Å². The van der Waals surface area contributed by atoms with E-state index in [4.69, 9.17) is 0 Å². The van der Waals surface area contributed by atoms with E-state index in [0.29, 0.717) is 0 Å². The second kappa shape index (κ2) is 4.57. The van der Waals surface area contributed by atoms with Gasteiger partial charge in [-0.15, -0.1) is 0 Å². The van der Waals surface area contributed by atoms with Crippen LogP contribution in [-0.4, -0.2) is 11.8 Å². The molecule has 0 saturated carbocycles. The van der Waals surface area contributed by atoms with Crippen LogP contribution in [0.2, 0.25) is 0 Å². The number of rotatable bonds is 0. The number of hydrogen-bond donors (Lipinski definition) is 0. The van der Waals surface area contributed by atoms with Gasteiger partial charge in [-0.3, -0.25) is 0 Å². The van der Waals surface area contributed by atoms with Crippen LogP contribution in [0.15, 0.2) is 6.07 Å². The molecule has 0 nitrogen and oxygen atoms in total. The summed E-state index contributed by atoms with van der Waals surface area (Å²) in [4.78, 5) is 0. The maximum Gasteiger partial charge on any atom is 0.383 e. The molecule has 0 radical (unpaired) electrons. The number of hydrogen-bond acceptors (Lipinski definition) is 0. The molecule has 1 aromatic rings. The first-order chi connectivity index (χ1) is 9.21. The van der Waals surface area contributed by atoms with Crippen LogP contribution < -0.4 is 0 Å². The fourth-order valence-corrected chi connectivity index (χ4v) is 3.90. The average molecular weight is 542 g/mol. The molecule has 118 valence electrons. The Morgan fingerprint density at radius 2 is 1.14 bits per heavy atom. The Morgan fingerprint density at radius 1 is 0.762 bits per heavy atom. The van der Waals surface area contributed by atoms with E-state index in [2.05, 4.69) is 0 Å². The van der Waals surface area contributed by atoms with Crippen molar-refractivity contribution in [2.45, 2.75) is 30.6 Å². The van der Waals surface area contributed by atoms with Crippen molar-refractivity contribution in [1.29, 1.82) is 0 Å². The van der Waals surface area contributed by atoms with Gasteiger partial charge in [-0.1, -0.05) is 0 Å². The predicted molar refractivity (Wildman–Crippen MR) is 74.3 cm³/mol. The SMILES string of the molecule is Cc1cc(I)c2c(c1I)C(F)(F)C(F)(F)C(F)(F)C2(F)F. The third-order valence-corrected chi connectivity index (χ3v) is 5.45. The second-order valence-corrected chi connectivity index (χ2v) is 6.78. The standard InChI is InChI=1S/C11H4F8I2/c1-3-2-4(20)5-6(7(3)21)9(14,15)11(18,19)10(16,17)8(5,12)13/h2H,1H3. The van der Waals surface area contributed by atoms with Crippen LogP contribution in [0.1, 0.15) is 16.7 Å². The van der Waals surface area contributed by atoms with Crippen LogP contribution in [0, 0.1) is 14.1 Å². The minimum absolute atomic E-state index is 0.0234. The van der Waals surface area contributed by atoms with Gasteiger partial charge in [-0.05, 0) is 63.7 Å². The summed E-state index contributed by atoms with van der Waals surface area (Å²) < 4.78 is 108. The fraction of sp³-hybridized carbons (Fsp3) is 0.455. The van der Waals surface area contributed by atoms with E-state index in [-0.39, 0.29) is 5.56 Å². The first-order valence-corrected chi connectivity index (χ1v) is 7.37. The molecule has 0 heterocycles. The summed E-state index contributed by atoms with van der Waals surface area (Å²) in [7, 11) is 0. The molecule has 0 bridgehead atoms. The largest absolute Gasteiger partial charge is 0.383 e. The third-order valence-electron chi connectivity index (χ3n) is 3.21. The van der Waals surface area contributed by atoms with Gasteiger partial charge in [0.2, 0.25) is 0 Å². The normalized spacial score (nSPS) is 24.5. The van der Waals surface area contributed by atoms with Crippen molar-refractivity contribution in [3.8, 4) is 0 Å². The molecule has 0 aliphatic heterocycles. The molecule has 0 amide bonds. The van der Waals surface area contributed by atoms with Gasteiger partial charge in [-0.25, -0.2) is 0 Å². The number of aryl methyl sites for hydroxylation is 1. The smallest absolute Gasteiger partial charge is 0.194 e. The number of alkyl halides is 8. The molecule has 21 heavy (non-hydrogen) atoms. The van der Waals surface area contributed by atoms with Crippen LogP contribution >= 0.6 is 45.2 Å². The topological polar surface area (TPSA) is 0 Å². The molecule has 1 aromatic carbocycles. The number of benzene rings is 1. The summed E-state index contributed by atoms with van der Waals surface area (Å²) in [6, 6.07) is 0.977. The first kappa shape index (κ1) is 17.5. The van der Waals surface area contributed by atoms with Crippen molar-refractivity contribution in [3.05, 3.63) is 29.9 Å². The van der Waals surface area contributed by atoms with E-state index in [9.17, 15) is 35.1 Å². The van der Waals surface area contributed by atoms with Crippen LogP contribution in [0.3, 0.4) is 0 Å². The average Bonchev–Trinajstić information content (AvgIpc) is 2.30. The molecule has 1 aliphatic carbocycles. The van der Waals surface area contributed by atoms with Gasteiger partial charge in [-0.2, -0.15) is 35.1 Å². The van der Waals surface area contributed by atoms with Crippen LogP contribution in [0.25, 0.3) is 0 Å². The first-order valence-electron chi connectivity index (χ1n) is 5.22. The minimum Gasteiger partial charge on any atom is -0.194 e. The van der Waals surface area contributed by atoms with Gasteiger partial charge >= 0.3 is 23.7 Å². The number of halogens is 10. The highest BCUT2D eigenvalue weighted by Crippen LogP contribution is 2.65. The Labute approximate surface area is 140 Å². The van der Waals surface area contributed by atoms with Crippen molar-refractivity contribution in [3.63, 3.8) is 0 Å². The van der Waals surface area contributed by atoms with Gasteiger partial charge in [0.15, 0.2) is 0 Å². The van der Waals surface area contributed by atoms with Crippen molar-refractivity contribution in [1.82, 2.24) is 0 Å². The van der Waals surface area contributed by atoms with E-state index in [1.165, 1.54) is 29.5 Å². The summed E-state index contributed by atoms with van der Waals surface area (Å²) in [5.41, 5.74) is -3.44. The molecular weight excluding hydrogens is 538 g/mol. The van der Waals surface area contributed by atoms with Crippen LogP contribution in [0.5, 0.6) is 0 Å². The maximum absolute atomic E-state index is 13.9. The Kier molecular flexibility index (Phi) is 3.80. The van der Waals surface area contributed by atoms with E-state index in [1.54, 1.807) is 0 Å². The maximum atomic E-state index is 13.9. The summed E-state index contributed by atoms with van der Waals surface area (Å²) in [6.45, 7) is 1.24. The lowest BCUT2D eigenvalue weighted by molar-refractivity contribution is -0.387. The van der Waals surface area contributed by atoms with E-state index in [0.717, 1.165) is 28.7 Å². The van der Waals surface area contributed by atoms with Crippen molar-refractivity contribution in [2.24, 2.45) is 0 Å². The van der Waals surface area contributed by atoms with E-state index in [1.807, 2.05) is 0 Å². The highest BCUT2D eigenvalue weighted by atomic mass is 127. The molecular formula is C11H4F8I2. The highest BCUT2D eigenvalue weighted by Gasteiger charge is 2.85. The highest BCUT2D eigenvalue weighted by molar-refractivity contribution is 14.1. The molecule has 1 aliphatic rings. The summed E-state index contributed by atoms with van der Waals surface area (Å²) in [5.74, 6) is -23.2.